The molecule has 0 unspecified atom stereocenters. The molecule has 0 aliphatic rings. The Kier molecular flexibility index (Phi) is 6.87. The van der Waals surface area contributed by atoms with Crippen molar-refractivity contribution >= 4 is 5.84 Å². The van der Waals surface area contributed by atoms with E-state index in [4.69, 9.17) is 10.9 Å². The Labute approximate surface area is 92.9 Å². The SMILES string of the molecule is CCN(CCCCC(N)=NO)CC(F)(F)F. The highest BCUT2D eigenvalue weighted by molar-refractivity contribution is 5.79. The van der Waals surface area contributed by atoms with Gasteiger partial charge in [-0.1, -0.05) is 12.1 Å². The van der Waals surface area contributed by atoms with Crippen LogP contribution in [0.2, 0.25) is 0 Å². The van der Waals surface area contributed by atoms with E-state index in [0.29, 0.717) is 32.4 Å². The van der Waals surface area contributed by atoms with Crippen LogP contribution in [0, 0.1) is 0 Å². The molecule has 0 aliphatic carbocycles. The van der Waals surface area contributed by atoms with E-state index in [-0.39, 0.29) is 5.84 Å². The molecule has 0 amide bonds. The highest BCUT2D eigenvalue weighted by Crippen LogP contribution is 2.16. The van der Waals surface area contributed by atoms with Gasteiger partial charge in [0.2, 0.25) is 0 Å². The van der Waals surface area contributed by atoms with E-state index in [2.05, 4.69) is 5.16 Å². The quantitative estimate of drug-likeness (QED) is 0.235. The van der Waals surface area contributed by atoms with Gasteiger partial charge < -0.3 is 10.9 Å². The van der Waals surface area contributed by atoms with Crippen LogP contribution in [0.3, 0.4) is 0 Å². The molecule has 0 aromatic heterocycles. The maximum atomic E-state index is 12.1. The summed E-state index contributed by atoms with van der Waals surface area (Å²) in [6, 6.07) is 0. The fraction of sp³-hybridized carbons (Fsp3) is 0.889. The summed E-state index contributed by atoms with van der Waals surface area (Å²) in [7, 11) is 0. The molecule has 0 saturated carbocycles. The van der Waals surface area contributed by atoms with Gasteiger partial charge in [-0.15, -0.1) is 0 Å². The molecule has 0 radical (unpaired) electrons. The fourth-order valence-electron chi connectivity index (χ4n) is 1.29. The first-order chi connectivity index (χ1) is 7.39. The van der Waals surface area contributed by atoms with Crippen molar-refractivity contribution in [3.8, 4) is 0 Å². The number of amidine groups is 1. The highest BCUT2D eigenvalue weighted by atomic mass is 19.4. The van der Waals surface area contributed by atoms with Crippen molar-refractivity contribution in [2.45, 2.75) is 32.4 Å². The lowest BCUT2D eigenvalue weighted by molar-refractivity contribution is -0.145. The lowest BCUT2D eigenvalue weighted by Crippen LogP contribution is -2.34. The molecule has 0 rings (SSSR count). The molecule has 0 spiro atoms. The zero-order valence-electron chi connectivity index (χ0n) is 9.30. The Bertz CT molecular complexity index is 219. The zero-order chi connectivity index (χ0) is 12.6. The van der Waals surface area contributed by atoms with Crippen LogP contribution in [-0.2, 0) is 0 Å². The van der Waals surface area contributed by atoms with Crippen LogP contribution in [-0.4, -0.2) is 41.8 Å². The first-order valence-corrected chi connectivity index (χ1v) is 5.14. The summed E-state index contributed by atoms with van der Waals surface area (Å²) in [5.74, 6) is 0.110. The van der Waals surface area contributed by atoms with E-state index in [0.717, 1.165) is 0 Å². The molecule has 3 N–H and O–H groups in total. The largest absolute Gasteiger partial charge is 0.409 e. The standard InChI is InChI=1S/C9H18F3N3O/c1-2-15(7-9(10,11)12)6-4-3-5-8(13)14-16/h16H,2-7H2,1H3,(H2,13,14). The van der Waals surface area contributed by atoms with Crippen molar-refractivity contribution in [3.63, 3.8) is 0 Å². The van der Waals surface area contributed by atoms with Crippen LogP contribution >= 0.6 is 0 Å². The topological polar surface area (TPSA) is 61.8 Å². The van der Waals surface area contributed by atoms with Gasteiger partial charge in [0.05, 0.1) is 6.54 Å². The molecule has 0 saturated heterocycles. The molecule has 0 aliphatic heterocycles. The summed E-state index contributed by atoms with van der Waals surface area (Å²) < 4.78 is 36.2. The van der Waals surface area contributed by atoms with Crippen LogP contribution < -0.4 is 5.73 Å². The van der Waals surface area contributed by atoms with E-state index >= 15 is 0 Å². The van der Waals surface area contributed by atoms with Crippen molar-refractivity contribution in [1.82, 2.24) is 4.90 Å². The van der Waals surface area contributed by atoms with Gasteiger partial charge in [-0.2, -0.15) is 13.2 Å². The number of nitrogens with two attached hydrogens (primary N) is 1. The van der Waals surface area contributed by atoms with Gasteiger partial charge >= 0.3 is 6.18 Å². The van der Waals surface area contributed by atoms with E-state index in [1.165, 1.54) is 4.90 Å². The molecule has 16 heavy (non-hydrogen) atoms. The molecule has 0 bridgehead atoms. The zero-order valence-corrected chi connectivity index (χ0v) is 9.30. The second-order valence-electron chi connectivity index (χ2n) is 3.53. The summed E-state index contributed by atoms with van der Waals surface area (Å²) in [6.45, 7) is 1.54. The second kappa shape index (κ2) is 7.32. The maximum Gasteiger partial charge on any atom is 0.401 e. The summed E-state index contributed by atoms with van der Waals surface area (Å²) in [4.78, 5) is 1.33. The number of hydrogen-bond donors (Lipinski definition) is 2. The Morgan fingerprint density at radius 2 is 2.00 bits per heavy atom. The second-order valence-corrected chi connectivity index (χ2v) is 3.53. The third-order valence-electron chi connectivity index (χ3n) is 2.14. The monoisotopic (exact) mass is 241 g/mol. The summed E-state index contributed by atoms with van der Waals surface area (Å²) in [6.07, 6.45) is -2.54. The smallest absolute Gasteiger partial charge is 0.401 e. The summed E-state index contributed by atoms with van der Waals surface area (Å²) in [5.41, 5.74) is 5.23. The Hall–Kier alpha value is -0.980. The number of alkyl halides is 3. The normalized spacial score (nSPS) is 13.4. The van der Waals surface area contributed by atoms with E-state index in [9.17, 15) is 13.2 Å². The Balaban J connectivity index is 3.72. The minimum absolute atomic E-state index is 0.110. The predicted molar refractivity (Wildman–Crippen MR) is 55.4 cm³/mol. The van der Waals surface area contributed by atoms with Crippen molar-refractivity contribution in [2.24, 2.45) is 10.9 Å². The number of oxime groups is 1. The number of nitrogens with zero attached hydrogens (tertiary/aromatic N) is 2. The highest BCUT2D eigenvalue weighted by Gasteiger charge is 2.29. The summed E-state index contributed by atoms with van der Waals surface area (Å²) >= 11 is 0. The van der Waals surface area contributed by atoms with Crippen LogP contribution in [0.25, 0.3) is 0 Å². The van der Waals surface area contributed by atoms with Gasteiger partial charge in [0, 0.05) is 6.42 Å². The minimum Gasteiger partial charge on any atom is -0.409 e. The average Bonchev–Trinajstić information content (AvgIpc) is 2.20. The molecule has 0 aromatic rings. The van der Waals surface area contributed by atoms with Crippen molar-refractivity contribution in [3.05, 3.63) is 0 Å². The third-order valence-corrected chi connectivity index (χ3v) is 2.14. The number of unbranched alkanes of at least 4 members (excludes halogenated alkanes) is 1. The van der Waals surface area contributed by atoms with Gasteiger partial charge in [0.25, 0.3) is 0 Å². The van der Waals surface area contributed by atoms with Crippen LogP contribution in [0.5, 0.6) is 0 Å². The molecule has 0 fully saturated rings. The fourth-order valence-corrected chi connectivity index (χ4v) is 1.29. The molecular weight excluding hydrogens is 223 g/mol. The van der Waals surface area contributed by atoms with E-state index in [1.807, 2.05) is 0 Å². The molecular formula is C9H18F3N3O. The first kappa shape index (κ1) is 15.0. The van der Waals surface area contributed by atoms with Crippen LogP contribution in [0.15, 0.2) is 5.16 Å². The van der Waals surface area contributed by atoms with Gasteiger partial charge in [-0.3, -0.25) is 4.90 Å². The first-order valence-electron chi connectivity index (χ1n) is 5.14. The van der Waals surface area contributed by atoms with Gasteiger partial charge in [-0.05, 0) is 25.9 Å². The minimum atomic E-state index is -4.15. The maximum absolute atomic E-state index is 12.1. The molecule has 4 nitrogen and oxygen atoms in total. The third kappa shape index (κ3) is 8.34. The van der Waals surface area contributed by atoms with Crippen molar-refractivity contribution in [2.75, 3.05) is 19.6 Å². The molecule has 0 atom stereocenters. The molecule has 0 aromatic carbocycles. The van der Waals surface area contributed by atoms with Gasteiger partial charge in [-0.25, -0.2) is 0 Å². The number of hydrogen-bond acceptors (Lipinski definition) is 3. The van der Waals surface area contributed by atoms with Crippen molar-refractivity contribution in [1.29, 1.82) is 0 Å². The van der Waals surface area contributed by atoms with Gasteiger partial charge in [0.15, 0.2) is 0 Å². The van der Waals surface area contributed by atoms with E-state index < -0.39 is 12.7 Å². The lowest BCUT2D eigenvalue weighted by Gasteiger charge is -2.21. The van der Waals surface area contributed by atoms with Crippen LogP contribution in [0.1, 0.15) is 26.2 Å². The number of rotatable bonds is 7. The van der Waals surface area contributed by atoms with E-state index in [1.54, 1.807) is 6.92 Å². The lowest BCUT2D eigenvalue weighted by atomic mass is 10.2. The molecule has 96 valence electrons. The molecule has 0 heterocycles. The van der Waals surface area contributed by atoms with Crippen molar-refractivity contribution < 1.29 is 18.4 Å². The molecule has 7 heteroatoms. The Morgan fingerprint density at radius 3 is 2.44 bits per heavy atom. The predicted octanol–water partition coefficient (Wildman–Crippen LogP) is 1.79. The average molecular weight is 241 g/mol. The summed E-state index contributed by atoms with van der Waals surface area (Å²) in [5, 5.41) is 11.0. The number of halogens is 3. The van der Waals surface area contributed by atoms with Crippen LogP contribution in [0.4, 0.5) is 13.2 Å². The van der Waals surface area contributed by atoms with Gasteiger partial charge in [0.1, 0.15) is 5.84 Å². The Morgan fingerprint density at radius 1 is 1.38 bits per heavy atom.